The topological polar surface area (TPSA) is 149 Å². The molecule has 12 heteroatoms. The lowest BCUT2D eigenvalue weighted by atomic mass is 9.85. The van der Waals surface area contributed by atoms with Gasteiger partial charge in [0.05, 0.1) is 44.9 Å². The molecule has 4 rings (SSSR count). The molecule has 0 aliphatic heterocycles. The highest BCUT2D eigenvalue weighted by Gasteiger charge is 2.29. The van der Waals surface area contributed by atoms with Crippen LogP contribution in [0.5, 0.6) is 0 Å². The standard InChI is InChI=1S/C33H43N5O6S/c1-9-38-25-13-12-22(24-17-45-26(35-24)15-23(30(40)41)37-31(42)44-32(3,4)5)36-28(25)21(16-33(6,7)18-39)29(38)20-11-10-14-34-27(20)19(2)43-8/h10-14,17,19,23,39H,9,15-16,18H2,1-8H3,(H,37,42)(H,40,41)/t19-,23-/m0/s1. The molecule has 0 aromatic carbocycles. The number of hydrogen-bond acceptors (Lipinski definition) is 9. The number of nitrogens with zero attached hydrogens (tertiary/aromatic N) is 4. The minimum absolute atomic E-state index is 0.00315. The van der Waals surface area contributed by atoms with E-state index in [-0.39, 0.29) is 19.1 Å². The third-order valence-electron chi connectivity index (χ3n) is 7.42. The number of carboxylic acids is 1. The fourth-order valence-corrected chi connectivity index (χ4v) is 6.00. The van der Waals surface area contributed by atoms with Crippen molar-refractivity contribution >= 4 is 34.4 Å². The second kappa shape index (κ2) is 13.6. The molecule has 4 aromatic rings. The van der Waals surface area contributed by atoms with Gasteiger partial charge in [0.2, 0.25) is 0 Å². The fourth-order valence-electron chi connectivity index (χ4n) is 5.17. The number of carbonyl (C=O) groups is 2. The van der Waals surface area contributed by atoms with Crippen LogP contribution in [0, 0.1) is 5.41 Å². The number of aliphatic hydroxyl groups excluding tert-OH is 1. The Morgan fingerprint density at radius 3 is 2.47 bits per heavy atom. The number of pyridine rings is 2. The van der Waals surface area contributed by atoms with E-state index in [1.807, 2.05) is 50.4 Å². The Labute approximate surface area is 267 Å². The number of nitrogens with one attached hydrogen (secondary N) is 1. The molecule has 0 fully saturated rings. The van der Waals surface area contributed by atoms with Crippen molar-refractivity contribution in [3.63, 3.8) is 0 Å². The van der Waals surface area contributed by atoms with E-state index >= 15 is 0 Å². The third kappa shape index (κ3) is 7.86. The van der Waals surface area contributed by atoms with Gasteiger partial charge in [-0.15, -0.1) is 11.3 Å². The summed E-state index contributed by atoms with van der Waals surface area (Å²) >= 11 is 1.30. The lowest BCUT2D eigenvalue weighted by molar-refractivity contribution is -0.139. The number of thiazole rings is 1. The number of rotatable bonds is 12. The quantitative estimate of drug-likeness (QED) is 0.169. The number of amides is 1. The molecular formula is C33H43N5O6S. The highest BCUT2D eigenvalue weighted by molar-refractivity contribution is 7.10. The van der Waals surface area contributed by atoms with E-state index in [1.165, 1.54) is 11.3 Å². The number of fused-ring (bicyclic) bond motifs is 1. The maximum absolute atomic E-state index is 12.2. The minimum Gasteiger partial charge on any atom is -0.480 e. The van der Waals surface area contributed by atoms with Gasteiger partial charge in [-0.3, -0.25) is 4.98 Å². The van der Waals surface area contributed by atoms with Gasteiger partial charge in [0.15, 0.2) is 0 Å². The van der Waals surface area contributed by atoms with Crippen LogP contribution >= 0.6 is 11.3 Å². The predicted molar refractivity (Wildman–Crippen MR) is 174 cm³/mol. The Bertz CT molecular complexity index is 1670. The summed E-state index contributed by atoms with van der Waals surface area (Å²) in [6.45, 7) is 13.9. The lowest BCUT2D eigenvalue weighted by Gasteiger charge is -2.23. The van der Waals surface area contributed by atoms with Crippen LogP contribution < -0.4 is 5.32 Å². The number of hydrogen-bond donors (Lipinski definition) is 3. The first-order valence-corrected chi connectivity index (χ1v) is 15.8. The number of carbonyl (C=O) groups excluding carboxylic acids is 1. The van der Waals surface area contributed by atoms with Crippen molar-refractivity contribution in [1.82, 2.24) is 24.8 Å². The first kappa shape index (κ1) is 34.0. The molecule has 0 aliphatic rings. The van der Waals surface area contributed by atoms with Crippen LogP contribution in [0.2, 0.25) is 0 Å². The Morgan fingerprint density at radius 1 is 1.11 bits per heavy atom. The molecule has 0 saturated carbocycles. The molecule has 1 amide bonds. The molecule has 0 aliphatic carbocycles. The Balaban J connectivity index is 1.79. The van der Waals surface area contributed by atoms with E-state index in [0.717, 1.165) is 33.5 Å². The maximum atomic E-state index is 12.2. The van der Waals surface area contributed by atoms with E-state index in [0.29, 0.717) is 29.4 Å². The number of aliphatic hydroxyl groups is 1. The molecule has 2 atom stereocenters. The number of ether oxygens (including phenoxy) is 2. The van der Waals surface area contributed by atoms with Gasteiger partial charge in [0, 0.05) is 49.4 Å². The summed E-state index contributed by atoms with van der Waals surface area (Å²) in [5.74, 6) is -1.18. The number of methoxy groups -OCH3 is 1. The molecular weight excluding hydrogens is 594 g/mol. The summed E-state index contributed by atoms with van der Waals surface area (Å²) in [6, 6.07) is 6.70. The van der Waals surface area contributed by atoms with E-state index in [2.05, 4.69) is 21.8 Å². The monoisotopic (exact) mass is 637 g/mol. The average molecular weight is 638 g/mol. The molecule has 0 spiro atoms. The van der Waals surface area contributed by atoms with Crippen molar-refractivity contribution in [3.8, 4) is 22.6 Å². The summed E-state index contributed by atoms with van der Waals surface area (Å²) in [7, 11) is 1.66. The zero-order chi connectivity index (χ0) is 33.1. The van der Waals surface area contributed by atoms with Gasteiger partial charge in [0.25, 0.3) is 0 Å². The van der Waals surface area contributed by atoms with Gasteiger partial charge >= 0.3 is 12.1 Å². The summed E-state index contributed by atoms with van der Waals surface area (Å²) in [5.41, 5.74) is 5.56. The smallest absolute Gasteiger partial charge is 0.408 e. The Kier molecular flexibility index (Phi) is 10.3. The first-order valence-electron chi connectivity index (χ1n) is 15.0. The van der Waals surface area contributed by atoms with Crippen LogP contribution in [0.1, 0.15) is 70.8 Å². The highest BCUT2D eigenvalue weighted by atomic mass is 32.1. The number of aliphatic carboxylic acids is 1. The number of aromatic nitrogens is 4. The van der Waals surface area contributed by atoms with Crippen molar-refractivity contribution in [1.29, 1.82) is 0 Å². The Morgan fingerprint density at radius 2 is 1.84 bits per heavy atom. The molecule has 4 heterocycles. The maximum Gasteiger partial charge on any atom is 0.408 e. The van der Waals surface area contributed by atoms with Crippen LogP contribution in [0.3, 0.4) is 0 Å². The largest absolute Gasteiger partial charge is 0.480 e. The first-order chi connectivity index (χ1) is 21.2. The molecule has 242 valence electrons. The van der Waals surface area contributed by atoms with Crippen LogP contribution in [0.4, 0.5) is 4.79 Å². The fraction of sp³-hybridized carbons (Fsp3) is 0.485. The van der Waals surface area contributed by atoms with Gasteiger partial charge in [-0.25, -0.2) is 19.6 Å². The second-order valence-electron chi connectivity index (χ2n) is 12.8. The van der Waals surface area contributed by atoms with Crippen LogP contribution in [0.15, 0.2) is 35.8 Å². The second-order valence-corrected chi connectivity index (χ2v) is 13.8. The van der Waals surface area contributed by atoms with Crippen molar-refractivity contribution in [2.75, 3.05) is 13.7 Å². The molecule has 3 N–H and O–H groups in total. The van der Waals surface area contributed by atoms with E-state index in [9.17, 15) is 19.8 Å². The number of alkyl carbamates (subject to hydrolysis) is 1. The number of carboxylic acid groups (broad SMARTS) is 1. The van der Waals surface area contributed by atoms with Crippen LogP contribution in [-0.2, 0) is 33.7 Å². The summed E-state index contributed by atoms with van der Waals surface area (Å²) in [4.78, 5) is 38.7. The minimum atomic E-state index is -1.20. The normalized spacial score (nSPS) is 13.5. The van der Waals surface area contributed by atoms with Gasteiger partial charge < -0.3 is 29.6 Å². The average Bonchev–Trinajstić information content (AvgIpc) is 3.57. The molecule has 0 bridgehead atoms. The zero-order valence-electron chi connectivity index (χ0n) is 27.2. The van der Waals surface area contributed by atoms with Crippen LogP contribution in [0.25, 0.3) is 33.7 Å². The van der Waals surface area contributed by atoms with Crippen molar-refractivity contribution in [3.05, 3.63) is 52.1 Å². The van der Waals surface area contributed by atoms with Crippen molar-refractivity contribution in [2.45, 2.75) is 85.6 Å². The van der Waals surface area contributed by atoms with Gasteiger partial charge in [-0.2, -0.15) is 0 Å². The van der Waals surface area contributed by atoms with Gasteiger partial charge in [0.1, 0.15) is 11.6 Å². The Hall–Kier alpha value is -3.87. The summed E-state index contributed by atoms with van der Waals surface area (Å²) in [6.07, 6.45) is 1.28. The number of aryl methyl sites for hydroxylation is 1. The highest BCUT2D eigenvalue weighted by Crippen LogP contribution is 2.40. The summed E-state index contributed by atoms with van der Waals surface area (Å²) < 4.78 is 13.1. The van der Waals surface area contributed by atoms with Gasteiger partial charge in [-0.1, -0.05) is 13.8 Å². The molecule has 11 nitrogen and oxygen atoms in total. The van der Waals surface area contributed by atoms with Gasteiger partial charge in [-0.05, 0) is 70.7 Å². The SMILES string of the molecule is CCn1c(-c2cccnc2[C@H](C)OC)c(CC(C)(C)CO)c2nc(-c3csc(C[C@H](NC(=O)OC(C)(C)C)C(=O)O)n3)ccc21. The molecule has 45 heavy (non-hydrogen) atoms. The van der Waals surface area contributed by atoms with Crippen molar-refractivity contribution < 1.29 is 29.3 Å². The van der Waals surface area contributed by atoms with E-state index < -0.39 is 29.1 Å². The summed E-state index contributed by atoms with van der Waals surface area (Å²) in [5, 5.41) is 24.8. The molecule has 0 saturated heterocycles. The van der Waals surface area contributed by atoms with E-state index in [1.54, 1.807) is 34.1 Å². The zero-order valence-corrected chi connectivity index (χ0v) is 28.0. The lowest BCUT2D eigenvalue weighted by Crippen LogP contribution is -2.44. The van der Waals surface area contributed by atoms with Crippen LogP contribution in [-0.4, -0.2) is 67.2 Å². The molecule has 4 aromatic heterocycles. The molecule has 0 radical (unpaired) electrons. The third-order valence-corrected chi connectivity index (χ3v) is 8.29. The van der Waals surface area contributed by atoms with E-state index in [4.69, 9.17) is 19.4 Å². The molecule has 0 unspecified atom stereocenters. The predicted octanol–water partition coefficient (Wildman–Crippen LogP) is 6.03. The van der Waals surface area contributed by atoms with Crippen molar-refractivity contribution in [2.24, 2.45) is 5.41 Å².